The summed E-state index contributed by atoms with van der Waals surface area (Å²) in [6.07, 6.45) is 0.870. The minimum Gasteiger partial charge on any atom is -0.368 e. The topological polar surface area (TPSA) is 58.3 Å². The molecule has 0 spiro atoms. The van der Waals surface area contributed by atoms with E-state index >= 15 is 0 Å². The van der Waals surface area contributed by atoms with Crippen LogP contribution in [0, 0.1) is 5.82 Å². The maximum atomic E-state index is 13.3. The number of rotatable bonds is 6. The fraction of sp³-hybridized carbons (Fsp3) is 0.474. The molecule has 0 amide bonds. The highest BCUT2D eigenvalue weighted by Gasteiger charge is 2.23. The Morgan fingerprint density at radius 3 is 2.56 bits per heavy atom. The van der Waals surface area contributed by atoms with Gasteiger partial charge in [0.1, 0.15) is 5.82 Å². The van der Waals surface area contributed by atoms with Crippen LogP contribution in [-0.4, -0.2) is 52.5 Å². The van der Waals surface area contributed by atoms with Crippen LogP contribution in [-0.2, 0) is 13.0 Å². The number of anilines is 1. The van der Waals surface area contributed by atoms with Gasteiger partial charge in [0.2, 0.25) is 5.95 Å². The number of nitrogen functional groups attached to an aromatic ring is 1. The molecule has 1 aliphatic heterocycles. The third-order valence-corrected chi connectivity index (χ3v) is 4.90. The zero-order valence-corrected chi connectivity index (χ0v) is 15.0. The average Bonchev–Trinajstić information content (AvgIpc) is 2.63. The monoisotopic (exact) mass is 343 g/mol. The summed E-state index contributed by atoms with van der Waals surface area (Å²) < 4.78 is 13.3. The van der Waals surface area contributed by atoms with Crippen LogP contribution in [0.4, 0.5) is 10.3 Å². The van der Waals surface area contributed by atoms with Crippen molar-refractivity contribution in [3.8, 4) is 11.3 Å². The molecule has 1 aliphatic rings. The van der Waals surface area contributed by atoms with Crippen LogP contribution < -0.4 is 5.73 Å². The molecule has 2 heterocycles. The van der Waals surface area contributed by atoms with Gasteiger partial charge in [-0.05, 0) is 37.4 Å². The van der Waals surface area contributed by atoms with Crippen molar-refractivity contribution in [1.29, 1.82) is 0 Å². The molecule has 134 valence electrons. The van der Waals surface area contributed by atoms with Crippen LogP contribution in [0.25, 0.3) is 11.3 Å². The summed E-state index contributed by atoms with van der Waals surface area (Å²) in [6.45, 7) is 10.4. The van der Waals surface area contributed by atoms with Crippen molar-refractivity contribution in [2.45, 2.75) is 26.8 Å². The first-order valence-electron chi connectivity index (χ1n) is 8.96. The van der Waals surface area contributed by atoms with Gasteiger partial charge in [-0.25, -0.2) is 14.4 Å². The summed E-state index contributed by atoms with van der Waals surface area (Å²) in [4.78, 5) is 13.8. The van der Waals surface area contributed by atoms with E-state index < -0.39 is 0 Å². The van der Waals surface area contributed by atoms with Gasteiger partial charge in [0.05, 0.1) is 11.4 Å². The molecule has 1 aromatic heterocycles. The van der Waals surface area contributed by atoms with Gasteiger partial charge < -0.3 is 10.6 Å². The first kappa shape index (κ1) is 17.8. The van der Waals surface area contributed by atoms with E-state index in [0.717, 1.165) is 68.2 Å². The Kier molecular flexibility index (Phi) is 5.60. The fourth-order valence-corrected chi connectivity index (χ4v) is 3.35. The number of halogens is 1. The summed E-state index contributed by atoms with van der Waals surface area (Å²) in [5.41, 5.74) is 9.75. The van der Waals surface area contributed by atoms with Crippen molar-refractivity contribution in [3.05, 3.63) is 41.3 Å². The smallest absolute Gasteiger partial charge is 0.220 e. The molecule has 0 fully saturated rings. The molecule has 25 heavy (non-hydrogen) atoms. The summed E-state index contributed by atoms with van der Waals surface area (Å²) in [5, 5.41) is 0. The second kappa shape index (κ2) is 7.89. The van der Waals surface area contributed by atoms with Crippen molar-refractivity contribution >= 4 is 5.95 Å². The third-order valence-electron chi connectivity index (χ3n) is 4.90. The van der Waals surface area contributed by atoms with Crippen molar-refractivity contribution in [2.24, 2.45) is 0 Å². The molecular formula is C19H26FN5. The molecule has 5 nitrogen and oxygen atoms in total. The molecule has 6 heteroatoms. The van der Waals surface area contributed by atoms with Crippen LogP contribution in [0.2, 0.25) is 0 Å². The van der Waals surface area contributed by atoms with E-state index in [-0.39, 0.29) is 11.8 Å². The minimum absolute atomic E-state index is 0.250. The zero-order valence-electron chi connectivity index (χ0n) is 15.0. The van der Waals surface area contributed by atoms with Gasteiger partial charge in [-0.2, -0.15) is 0 Å². The quantitative estimate of drug-likeness (QED) is 0.873. The van der Waals surface area contributed by atoms with E-state index in [0.29, 0.717) is 0 Å². The van der Waals surface area contributed by atoms with Crippen LogP contribution in [0.15, 0.2) is 24.3 Å². The first-order chi connectivity index (χ1) is 12.1. The normalized spacial score (nSPS) is 14.7. The second-order valence-electron chi connectivity index (χ2n) is 6.42. The van der Waals surface area contributed by atoms with Gasteiger partial charge in [-0.15, -0.1) is 0 Å². The maximum absolute atomic E-state index is 13.3. The number of hydrogen-bond acceptors (Lipinski definition) is 5. The van der Waals surface area contributed by atoms with Crippen molar-refractivity contribution in [3.63, 3.8) is 0 Å². The summed E-state index contributed by atoms with van der Waals surface area (Å²) in [6, 6.07) is 6.43. The van der Waals surface area contributed by atoms with E-state index in [2.05, 4.69) is 33.6 Å². The molecule has 3 rings (SSSR count). The first-order valence-corrected chi connectivity index (χ1v) is 8.96. The Balaban J connectivity index is 1.83. The molecule has 2 N–H and O–H groups in total. The standard InChI is InChI=1S/C19H26FN5/c1-3-24(4-2)11-12-25-10-9-17-16(13-25)18(23-19(21)22-17)14-5-7-15(20)8-6-14/h5-8H,3-4,9-13H2,1-2H3,(H2,21,22,23). The molecule has 2 aromatic rings. The van der Waals surface area contributed by atoms with Crippen molar-refractivity contribution < 1.29 is 4.39 Å². The predicted molar refractivity (Wildman–Crippen MR) is 98.6 cm³/mol. The molecule has 0 saturated heterocycles. The lowest BCUT2D eigenvalue weighted by Gasteiger charge is -2.31. The fourth-order valence-electron chi connectivity index (χ4n) is 3.35. The number of nitrogens with zero attached hydrogens (tertiary/aromatic N) is 4. The van der Waals surface area contributed by atoms with Crippen molar-refractivity contribution in [2.75, 3.05) is 38.5 Å². The lowest BCUT2D eigenvalue weighted by Crippen LogP contribution is -2.38. The summed E-state index contributed by atoms with van der Waals surface area (Å²) in [7, 11) is 0. The lowest BCUT2D eigenvalue weighted by atomic mass is 9.99. The molecule has 0 unspecified atom stereocenters. The van der Waals surface area contributed by atoms with Gasteiger partial charge in [-0.3, -0.25) is 4.90 Å². The zero-order chi connectivity index (χ0) is 17.8. The maximum Gasteiger partial charge on any atom is 0.220 e. The molecule has 0 atom stereocenters. The third kappa shape index (κ3) is 4.14. The molecule has 1 aromatic carbocycles. The molecule has 0 bridgehead atoms. The average molecular weight is 343 g/mol. The largest absolute Gasteiger partial charge is 0.368 e. The van der Waals surface area contributed by atoms with E-state index in [4.69, 9.17) is 5.73 Å². The Morgan fingerprint density at radius 1 is 1.16 bits per heavy atom. The number of fused-ring (bicyclic) bond motifs is 1. The highest BCUT2D eigenvalue weighted by Crippen LogP contribution is 2.28. The number of aromatic nitrogens is 2. The molecule has 0 radical (unpaired) electrons. The highest BCUT2D eigenvalue weighted by atomic mass is 19.1. The Labute approximate surface area is 148 Å². The minimum atomic E-state index is -0.250. The Bertz CT molecular complexity index is 712. The van der Waals surface area contributed by atoms with E-state index in [1.165, 1.54) is 12.1 Å². The van der Waals surface area contributed by atoms with E-state index in [1.54, 1.807) is 12.1 Å². The van der Waals surface area contributed by atoms with E-state index in [9.17, 15) is 4.39 Å². The molecule has 0 aliphatic carbocycles. The van der Waals surface area contributed by atoms with Crippen LogP contribution in [0.3, 0.4) is 0 Å². The van der Waals surface area contributed by atoms with Gasteiger partial charge in [0.15, 0.2) is 0 Å². The second-order valence-corrected chi connectivity index (χ2v) is 6.42. The van der Waals surface area contributed by atoms with Crippen LogP contribution >= 0.6 is 0 Å². The number of nitrogens with two attached hydrogens (primary N) is 1. The van der Waals surface area contributed by atoms with Gasteiger partial charge in [0.25, 0.3) is 0 Å². The predicted octanol–water partition coefficient (Wildman–Crippen LogP) is 2.56. The number of benzene rings is 1. The van der Waals surface area contributed by atoms with Gasteiger partial charge >= 0.3 is 0 Å². The highest BCUT2D eigenvalue weighted by molar-refractivity contribution is 5.65. The number of hydrogen-bond donors (Lipinski definition) is 1. The molecular weight excluding hydrogens is 317 g/mol. The lowest BCUT2D eigenvalue weighted by molar-refractivity contribution is 0.201. The van der Waals surface area contributed by atoms with Crippen LogP contribution in [0.1, 0.15) is 25.1 Å². The van der Waals surface area contributed by atoms with Gasteiger partial charge in [-0.1, -0.05) is 13.8 Å². The summed E-state index contributed by atoms with van der Waals surface area (Å²) in [5.74, 6) is 0.0372. The number of likely N-dealkylation sites (N-methyl/N-ethyl adjacent to an activating group) is 1. The summed E-state index contributed by atoms with van der Waals surface area (Å²) >= 11 is 0. The Hall–Kier alpha value is -2.05. The SMILES string of the molecule is CCN(CC)CCN1CCc2nc(N)nc(-c3ccc(F)cc3)c2C1. The molecule has 0 saturated carbocycles. The Morgan fingerprint density at radius 2 is 1.88 bits per heavy atom. The van der Waals surface area contributed by atoms with Crippen LogP contribution in [0.5, 0.6) is 0 Å². The van der Waals surface area contributed by atoms with Gasteiger partial charge in [0, 0.05) is 43.7 Å². The van der Waals surface area contributed by atoms with Crippen molar-refractivity contribution in [1.82, 2.24) is 19.8 Å². The van der Waals surface area contributed by atoms with E-state index in [1.807, 2.05) is 0 Å².